The number of rotatable bonds is 3. The molecule has 98 valence electrons. The third-order valence-electron chi connectivity index (χ3n) is 3.61. The molecule has 1 aliphatic heterocycles. The Labute approximate surface area is 116 Å². The quantitative estimate of drug-likeness (QED) is 0.901. The van der Waals surface area contributed by atoms with Crippen LogP contribution in [0.2, 0.25) is 0 Å². The summed E-state index contributed by atoms with van der Waals surface area (Å²) in [7, 11) is 0. The van der Waals surface area contributed by atoms with E-state index in [2.05, 4.69) is 26.6 Å². The molecule has 1 fully saturated rings. The van der Waals surface area contributed by atoms with Crippen molar-refractivity contribution in [2.75, 3.05) is 13.1 Å². The van der Waals surface area contributed by atoms with Crippen LogP contribution in [0.15, 0.2) is 28.7 Å². The minimum Gasteiger partial charge on any atom is -0.349 e. The zero-order chi connectivity index (χ0) is 13.2. The van der Waals surface area contributed by atoms with E-state index in [4.69, 9.17) is 0 Å². The van der Waals surface area contributed by atoms with Crippen LogP contribution in [0, 0.1) is 5.41 Å². The summed E-state index contributed by atoms with van der Waals surface area (Å²) in [6.45, 7) is 5.74. The van der Waals surface area contributed by atoms with Crippen LogP contribution in [0.5, 0.6) is 0 Å². The molecule has 0 radical (unpaired) electrons. The number of hydrogen-bond acceptors (Lipinski definition) is 2. The van der Waals surface area contributed by atoms with E-state index < -0.39 is 0 Å². The number of amides is 1. The van der Waals surface area contributed by atoms with Crippen LogP contribution in [0.1, 0.15) is 31.9 Å². The van der Waals surface area contributed by atoms with Crippen LogP contribution in [-0.4, -0.2) is 19.0 Å². The molecule has 0 aromatic heterocycles. The number of carbonyl (C=O) groups excluding carboxylic acids is 1. The second-order valence-electron chi connectivity index (χ2n) is 5.24. The summed E-state index contributed by atoms with van der Waals surface area (Å²) in [4.78, 5) is 12.3. The highest BCUT2D eigenvalue weighted by Crippen LogP contribution is 2.26. The summed E-state index contributed by atoms with van der Waals surface area (Å²) in [6.07, 6.45) is 0.907. The lowest BCUT2D eigenvalue weighted by Crippen LogP contribution is -2.41. The highest BCUT2D eigenvalue weighted by Gasteiger charge is 2.36. The largest absolute Gasteiger partial charge is 0.349 e. The Hall–Kier alpha value is -0.870. The number of nitrogens with one attached hydrogen (secondary N) is 2. The van der Waals surface area contributed by atoms with Gasteiger partial charge in [0.05, 0.1) is 11.5 Å². The second-order valence-corrected chi connectivity index (χ2v) is 6.15. The van der Waals surface area contributed by atoms with Crippen molar-refractivity contribution in [2.24, 2.45) is 5.41 Å². The first-order chi connectivity index (χ1) is 8.51. The normalized spacial score (nSPS) is 24.8. The van der Waals surface area contributed by atoms with Crippen molar-refractivity contribution in [3.8, 4) is 0 Å². The molecule has 1 aliphatic rings. The SMILES string of the molecule is CC(NC(=O)C1(C)CCNC1)c1cccc(Br)c1. The molecular weight excluding hydrogens is 292 g/mol. The van der Waals surface area contributed by atoms with Gasteiger partial charge in [-0.05, 0) is 44.5 Å². The summed E-state index contributed by atoms with van der Waals surface area (Å²) in [6, 6.07) is 8.08. The van der Waals surface area contributed by atoms with Gasteiger partial charge in [-0.3, -0.25) is 4.79 Å². The highest BCUT2D eigenvalue weighted by atomic mass is 79.9. The molecule has 1 aromatic rings. The Morgan fingerprint density at radius 2 is 2.33 bits per heavy atom. The number of hydrogen-bond donors (Lipinski definition) is 2. The molecule has 1 aromatic carbocycles. The van der Waals surface area contributed by atoms with Crippen LogP contribution >= 0.6 is 15.9 Å². The first kappa shape index (κ1) is 13.6. The molecule has 2 rings (SSSR count). The maximum absolute atomic E-state index is 12.3. The van der Waals surface area contributed by atoms with Crippen molar-refractivity contribution < 1.29 is 4.79 Å². The van der Waals surface area contributed by atoms with E-state index in [1.54, 1.807) is 0 Å². The standard InChI is InChI=1S/C14H19BrN2O/c1-10(11-4-3-5-12(15)8-11)17-13(18)14(2)6-7-16-9-14/h3-5,8,10,16H,6-7,9H2,1-2H3,(H,17,18). The predicted molar refractivity (Wildman–Crippen MR) is 76.3 cm³/mol. The van der Waals surface area contributed by atoms with E-state index in [1.165, 1.54) is 0 Å². The molecule has 18 heavy (non-hydrogen) atoms. The van der Waals surface area contributed by atoms with Crippen molar-refractivity contribution in [1.29, 1.82) is 0 Å². The van der Waals surface area contributed by atoms with Gasteiger partial charge in [0.2, 0.25) is 5.91 Å². The van der Waals surface area contributed by atoms with Gasteiger partial charge in [-0.25, -0.2) is 0 Å². The van der Waals surface area contributed by atoms with Crippen LogP contribution in [0.25, 0.3) is 0 Å². The van der Waals surface area contributed by atoms with Gasteiger partial charge in [0.25, 0.3) is 0 Å². The lowest BCUT2D eigenvalue weighted by atomic mass is 9.88. The first-order valence-electron chi connectivity index (χ1n) is 6.28. The third kappa shape index (κ3) is 2.93. The molecule has 2 N–H and O–H groups in total. The Balaban J connectivity index is 2.03. The monoisotopic (exact) mass is 310 g/mol. The Bertz CT molecular complexity index is 441. The molecule has 1 saturated heterocycles. The lowest BCUT2D eigenvalue weighted by Gasteiger charge is -2.24. The fourth-order valence-corrected chi connectivity index (χ4v) is 2.66. The van der Waals surface area contributed by atoms with Crippen molar-refractivity contribution >= 4 is 21.8 Å². The van der Waals surface area contributed by atoms with Crippen molar-refractivity contribution in [3.63, 3.8) is 0 Å². The zero-order valence-electron chi connectivity index (χ0n) is 10.8. The minimum atomic E-state index is -0.264. The minimum absolute atomic E-state index is 0.0347. The van der Waals surface area contributed by atoms with Gasteiger partial charge in [-0.2, -0.15) is 0 Å². The Kier molecular flexibility index (Phi) is 4.07. The lowest BCUT2D eigenvalue weighted by molar-refractivity contribution is -0.129. The van der Waals surface area contributed by atoms with Crippen molar-refractivity contribution in [2.45, 2.75) is 26.3 Å². The van der Waals surface area contributed by atoms with E-state index in [0.717, 1.165) is 29.5 Å². The Morgan fingerprint density at radius 1 is 1.56 bits per heavy atom. The van der Waals surface area contributed by atoms with Gasteiger partial charge >= 0.3 is 0 Å². The van der Waals surface area contributed by atoms with Gasteiger partial charge in [0.15, 0.2) is 0 Å². The molecule has 0 bridgehead atoms. The van der Waals surface area contributed by atoms with E-state index in [-0.39, 0.29) is 17.4 Å². The number of halogens is 1. The molecule has 2 atom stereocenters. The number of benzene rings is 1. The average Bonchev–Trinajstić information content (AvgIpc) is 2.77. The van der Waals surface area contributed by atoms with Gasteiger partial charge < -0.3 is 10.6 Å². The second kappa shape index (κ2) is 5.41. The Morgan fingerprint density at radius 3 is 2.94 bits per heavy atom. The molecule has 1 heterocycles. The summed E-state index contributed by atoms with van der Waals surface area (Å²) in [5, 5.41) is 6.35. The van der Waals surface area contributed by atoms with Gasteiger partial charge in [0, 0.05) is 11.0 Å². The van der Waals surface area contributed by atoms with Gasteiger partial charge in [-0.1, -0.05) is 28.1 Å². The van der Waals surface area contributed by atoms with E-state index in [0.29, 0.717) is 0 Å². The molecular formula is C14H19BrN2O. The fraction of sp³-hybridized carbons (Fsp3) is 0.500. The maximum atomic E-state index is 12.3. The molecule has 0 aliphatic carbocycles. The smallest absolute Gasteiger partial charge is 0.227 e. The summed E-state index contributed by atoms with van der Waals surface area (Å²) in [5.41, 5.74) is 0.854. The fourth-order valence-electron chi connectivity index (χ4n) is 2.24. The van der Waals surface area contributed by atoms with Crippen LogP contribution < -0.4 is 10.6 Å². The first-order valence-corrected chi connectivity index (χ1v) is 7.08. The van der Waals surface area contributed by atoms with Gasteiger partial charge in [0.1, 0.15) is 0 Å². The average molecular weight is 311 g/mol. The maximum Gasteiger partial charge on any atom is 0.227 e. The van der Waals surface area contributed by atoms with Crippen LogP contribution in [0.3, 0.4) is 0 Å². The zero-order valence-corrected chi connectivity index (χ0v) is 12.4. The molecule has 4 heteroatoms. The van der Waals surface area contributed by atoms with Crippen molar-refractivity contribution in [1.82, 2.24) is 10.6 Å². The summed E-state index contributed by atoms with van der Waals surface area (Å²) in [5.74, 6) is 0.139. The molecule has 1 amide bonds. The molecule has 0 saturated carbocycles. The van der Waals surface area contributed by atoms with Crippen molar-refractivity contribution in [3.05, 3.63) is 34.3 Å². The summed E-state index contributed by atoms with van der Waals surface area (Å²) >= 11 is 3.45. The van der Waals surface area contributed by atoms with E-state index in [1.807, 2.05) is 38.1 Å². The molecule has 2 unspecified atom stereocenters. The van der Waals surface area contributed by atoms with Crippen LogP contribution in [0.4, 0.5) is 0 Å². The molecule has 0 spiro atoms. The number of carbonyl (C=O) groups is 1. The van der Waals surface area contributed by atoms with E-state index in [9.17, 15) is 4.79 Å². The predicted octanol–water partition coefficient (Wildman–Crippen LogP) is 2.63. The van der Waals surface area contributed by atoms with Crippen LogP contribution in [-0.2, 0) is 4.79 Å². The highest BCUT2D eigenvalue weighted by molar-refractivity contribution is 9.10. The summed E-state index contributed by atoms with van der Waals surface area (Å²) < 4.78 is 1.04. The molecule has 3 nitrogen and oxygen atoms in total. The third-order valence-corrected chi connectivity index (χ3v) is 4.11. The van der Waals surface area contributed by atoms with E-state index >= 15 is 0 Å². The van der Waals surface area contributed by atoms with Gasteiger partial charge in [-0.15, -0.1) is 0 Å². The topological polar surface area (TPSA) is 41.1 Å².